The average molecular weight is 401 g/mol. The predicted octanol–water partition coefficient (Wildman–Crippen LogP) is 4.17. The summed E-state index contributed by atoms with van der Waals surface area (Å²) < 4.78 is 0. The van der Waals surface area contributed by atoms with Gasteiger partial charge in [-0.05, 0) is 31.2 Å². The number of fused-ring (bicyclic) bond motifs is 1. The molecule has 7 nitrogen and oxygen atoms in total. The van der Waals surface area contributed by atoms with Gasteiger partial charge >= 0.3 is 0 Å². The maximum atomic E-state index is 12.8. The number of H-pyrrole nitrogens is 2. The van der Waals surface area contributed by atoms with Crippen molar-refractivity contribution in [2.24, 2.45) is 0 Å². The summed E-state index contributed by atoms with van der Waals surface area (Å²) in [7, 11) is 0. The fraction of sp³-hybridized carbons (Fsp3) is 0.217. The average Bonchev–Trinajstić information content (AvgIpc) is 3.11. The van der Waals surface area contributed by atoms with Crippen LogP contribution in [0.4, 0.5) is 5.69 Å². The number of nitrogens with zero attached hydrogens (tertiary/aromatic N) is 2. The van der Waals surface area contributed by atoms with Crippen molar-refractivity contribution >= 4 is 22.6 Å². The van der Waals surface area contributed by atoms with Gasteiger partial charge in [-0.25, -0.2) is 9.97 Å². The van der Waals surface area contributed by atoms with E-state index in [2.05, 4.69) is 25.3 Å². The fourth-order valence-corrected chi connectivity index (χ4v) is 3.24. The first-order valence-corrected chi connectivity index (χ1v) is 9.70. The van der Waals surface area contributed by atoms with Crippen molar-refractivity contribution in [3.05, 3.63) is 76.0 Å². The van der Waals surface area contributed by atoms with Crippen molar-refractivity contribution < 1.29 is 4.79 Å². The molecule has 0 saturated heterocycles. The van der Waals surface area contributed by atoms with Crippen LogP contribution in [0.1, 0.15) is 42.6 Å². The molecule has 30 heavy (non-hydrogen) atoms. The lowest BCUT2D eigenvalue weighted by Gasteiger charge is -2.18. The Labute approximate surface area is 173 Å². The van der Waals surface area contributed by atoms with Gasteiger partial charge < -0.3 is 15.3 Å². The van der Waals surface area contributed by atoms with Gasteiger partial charge in [0.15, 0.2) is 0 Å². The molecule has 2 aromatic carbocycles. The lowest BCUT2D eigenvalue weighted by Crippen LogP contribution is -2.30. The van der Waals surface area contributed by atoms with E-state index in [1.165, 1.54) is 0 Å². The monoisotopic (exact) mass is 401 g/mol. The largest absolute Gasteiger partial charge is 0.338 e. The van der Waals surface area contributed by atoms with E-state index in [0.717, 1.165) is 16.6 Å². The fourth-order valence-electron chi connectivity index (χ4n) is 3.24. The van der Waals surface area contributed by atoms with E-state index in [1.54, 1.807) is 13.0 Å². The standard InChI is InChI=1S/C23H23N5O2/c1-13-18(21(30)28-22(24-13)23(2,3)4)20(29)25-15-9-7-8-14(12-15)19-26-16-10-5-6-11-17(16)27-19/h5-12H,1-4H3,(H,25,29)(H,26,27)(H,24,28,30). The highest BCUT2D eigenvalue weighted by Gasteiger charge is 2.22. The second kappa shape index (κ2) is 7.26. The molecular formula is C23H23N5O2. The third-order valence-electron chi connectivity index (χ3n) is 4.82. The van der Waals surface area contributed by atoms with Crippen molar-refractivity contribution in [2.45, 2.75) is 33.1 Å². The molecular weight excluding hydrogens is 378 g/mol. The van der Waals surface area contributed by atoms with E-state index >= 15 is 0 Å². The number of amides is 1. The topological polar surface area (TPSA) is 104 Å². The zero-order valence-corrected chi connectivity index (χ0v) is 17.3. The van der Waals surface area contributed by atoms with E-state index < -0.39 is 11.5 Å². The highest BCUT2D eigenvalue weighted by Crippen LogP contribution is 2.23. The van der Waals surface area contributed by atoms with E-state index in [-0.39, 0.29) is 11.0 Å². The molecule has 152 valence electrons. The molecule has 0 bridgehead atoms. The van der Waals surface area contributed by atoms with Crippen LogP contribution in [0.25, 0.3) is 22.4 Å². The summed E-state index contributed by atoms with van der Waals surface area (Å²) in [5, 5.41) is 2.80. The summed E-state index contributed by atoms with van der Waals surface area (Å²) in [6, 6.07) is 15.1. The number of aromatic amines is 2. The smallest absolute Gasteiger partial charge is 0.264 e. The Bertz CT molecular complexity index is 1280. The van der Waals surface area contributed by atoms with Gasteiger partial charge in [-0.15, -0.1) is 0 Å². The van der Waals surface area contributed by atoms with Crippen molar-refractivity contribution in [1.29, 1.82) is 0 Å². The Kier molecular flexibility index (Phi) is 4.73. The number of nitrogens with one attached hydrogen (secondary N) is 3. The first-order valence-electron chi connectivity index (χ1n) is 9.70. The zero-order chi connectivity index (χ0) is 21.5. The zero-order valence-electron chi connectivity index (χ0n) is 17.3. The second-order valence-electron chi connectivity index (χ2n) is 8.26. The van der Waals surface area contributed by atoms with Gasteiger partial charge in [0.05, 0.1) is 16.7 Å². The second-order valence-corrected chi connectivity index (χ2v) is 8.26. The highest BCUT2D eigenvalue weighted by molar-refractivity contribution is 6.05. The minimum Gasteiger partial charge on any atom is -0.338 e. The summed E-state index contributed by atoms with van der Waals surface area (Å²) in [5.74, 6) is 0.759. The van der Waals surface area contributed by atoms with Crippen LogP contribution in [0.5, 0.6) is 0 Å². The maximum absolute atomic E-state index is 12.8. The van der Waals surface area contributed by atoms with Gasteiger partial charge in [0.2, 0.25) is 0 Å². The number of hydrogen-bond donors (Lipinski definition) is 3. The quantitative estimate of drug-likeness (QED) is 0.479. The number of carbonyl (C=O) groups excluding carboxylic acids is 1. The Hall–Kier alpha value is -3.74. The van der Waals surface area contributed by atoms with Crippen LogP contribution in [-0.4, -0.2) is 25.8 Å². The summed E-state index contributed by atoms with van der Waals surface area (Å²) in [6.45, 7) is 7.53. The molecule has 0 unspecified atom stereocenters. The molecule has 0 atom stereocenters. The van der Waals surface area contributed by atoms with Crippen LogP contribution in [0.2, 0.25) is 0 Å². The lowest BCUT2D eigenvalue weighted by atomic mass is 9.95. The van der Waals surface area contributed by atoms with E-state index in [0.29, 0.717) is 23.0 Å². The number of hydrogen-bond acceptors (Lipinski definition) is 4. The van der Waals surface area contributed by atoms with Gasteiger partial charge in [0.1, 0.15) is 17.2 Å². The molecule has 0 fully saturated rings. The third-order valence-corrected chi connectivity index (χ3v) is 4.82. The molecule has 0 saturated carbocycles. The molecule has 0 spiro atoms. The lowest BCUT2D eigenvalue weighted by molar-refractivity contribution is 0.102. The van der Waals surface area contributed by atoms with Crippen molar-refractivity contribution in [3.8, 4) is 11.4 Å². The number of rotatable bonds is 3. The number of aromatic nitrogens is 4. The van der Waals surface area contributed by atoms with Gasteiger partial charge in [0, 0.05) is 16.7 Å². The van der Waals surface area contributed by atoms with Crippen molar-refractivity contribution in [3.63, 3.8) is 0 Å². The molecule has 4 rings (SSSR count). The minimum atomic E-state index is -0.497. The van der Waals surface area contributed by atoms with Gasteiger partial charge in [0.25, 0.3) is 11.5 Å². The normalized spacial score (nSPS) is 11.6. The Morgan fingerprint density at radius 3 is 2.47 bits per heavy atom. The van der Waals surface area contributed by atoms with Gasteiger partial charge in [-0.1, -0.05) is 45.0 Å². The number of para-hydroxylation sites is 2. The van der Waals surface area contributed by atoms with Crippen LogP contribution in [0, 0.1) is 6.92 Å². The first kappa shape index (κ1) is 19.6. The number of carbonyl (C=O) groups is 1. The van der Waals surface area contributed by atoms with Crippen LogP contribution in [0.3, 0.4) is 0 Å². The molecule has 0 radical (unpaired) electrons. The number of imidazole rings is 1. The molecule has 0 aliphatic rings. The SMILES string of the molecule is Cc1nc(C(C)(C)C)[nH]c(=O)c1C(=O)Nc1cccc(-c2nc3ccccc3[nH]2)c1. The third kappa shape index (κ3) is 3.74. The molecule has 2 heterocycles. The van der Waals surface area contributed by atoms with E-state index in [1.807, 2.05) is 63.2 Å². The van der Waals surface area contributed by atoms with Crippen LogP contribution in [-0.2, 0) is 5.41 Å². The molecule has 7 heteroatoms. The Morgan fingerprint density at radius 2 is 1.77 bits per heavy atom. The minimum absolute atomic E-state index is 0.0112. The molecule has 0 aliphatic carbocycles. The van der Waals surface area contributed by atoms with Gasteiger partial charge in [-0.2, -0.15) is 0 Å². The van der Waals surface area contributed by atoms with Crippen molar-refractivity contribution in [2.75, 3.05) is 5.32 Å². The number of benzene rings is 2. The number of aryl methyl sites for hydroxylation is 1. The molecule has 1 amide bonds. The van der Waals surface area contributed by atoms with Crippen LogP contribution < -0.4 is 10.9 Å². The van der Waals surface area contributed by atoms with Crippen LogP contribution in [0.15, 0.2) is 53.3 Å². The van der Waals surface area contributed by atoms with Crippen LogP contribution >= 0.6 is 0 Å². The van der Waals surface area contributed by atoms with E-state index in [9.17, 15) is 9.59 Å². The summed E-state index contributed by atoms with van der Waals surface area (Å²) in [5.41, 5.74) is 2.85. The van der Waals surface area contributed by atoms with E-state index in [4.69, 9.17) is 0 Å². The first-order chi connectivity index (χ1) is 14.2. The molecule has 2 aromatic heterocycles. The summed E-state index contributed by atoms with van der Waals surface area (Å²) in [4.78, 5) is 40.4. The molecule has 0 aliphatic heterocycles. The van der Waals surface area contributed by atoms with Crippen molar-refractivity contribution in [1.82, 2.24) is 19.9 Å². The summed E-state index contributed by atoms with van der Waals surface area (Å²) in [6.07, 6.45) is 0. The predicted molar refractivity (Wildman–Crippen MR) is 118 cm³/mol. The number of anilines is 1. The maximum Gasteiger partial charge on any atom is 0.264 e. The highest BCUT2D eigenvalue weighted by atomic mass is 16.2. The molecule has 4 aromatic rings. The Balaban J connectivity index is 1.63. The van der Waals surface area contributed by atoms with Gasteiger partial charge in [-0.3, -0.25) is 9.59 Å². The molecule has 3 N–H and O–H groups in total. The summed E-state index contributed by atoms with van der Waals surface area (Å²) >= 11 is 0. The Morgan fingerprint density at radius 1 is 1.00 bits per heavy atom.